The zero-order valence-corrected chi connectivity index (χ0v) is 12.4. The molecule has 0 atom stereocenters. The second-order valence-corrected chi connectivity index (χ2v) is 6.43. The number of rotatable bonds is 4. The highest BCUT2D eigenvalue weighted by atomic mass is 32.1. The van der Waals surface area contributed by atoms with E-state index in [1.807, 2.05) is 6.20 Å². The summed E-state index contributed by atoms with van der Waals surface area (Å²) in [6, 6.07) is 0.953. The third-order valence-corrected chi connectivity index (χ3v) is 4.52. The first-order valence-corrected chi connectivity index (χ1v) is 7.53. The molecule has 1 aliphatic carbocycles. The lowest BCUT2D eigenvalue weighted by Gasteiger charge is -2.34. The van der Waals surface area contributed by atoms with Crippen LogP contribution in [0.4, 0.5) is 5.13 Å². The Morgan fingerprint density at radius 1 is 1.53 bits per heavy atom. The second-order valence-electron chi connectivity index (χ2n) is 5.29. The third-order valence-electron chi connectivity index (χ3n) is 3.70. The van der Waals surface area contributed by atoms with Crippen LogP contribution in [0.5, 0.6) is 0 Å². The lowest BCUT2D eigenvalue weighted by molar-refractivity contribution is -0.119. The van der Waals surface area contributed by atoms with E-state index >= 15 is 0 Å². The van der Waals surface area contributed by atoms with E-state index in [1.165, 1.54) is 4.88 Å². The molecule has 1 aromatic heterocycles. The maximum atomic E-state index is 11.0. The van der Waals surface area contributed by atoms with Crippen LogP contribution in [0.1, 0.15) is 37.5 Å². The van der Waals surface area contributed by atoms with Crippen molar-refractivity contribution >= 4 is 22.4 Å². The Balaban J connectivity index is 1.79. The molecule has 3 N–H and O–H groups in total. The Bertz CT molecular complexity index is 426. The Morgan fingerprint density at radius 3 is 2.74 bits per heavy atom. The zero-order chi connectivity index (χ0) is 13.8. The van der Waals surface area contributed by atoms with E-state index in [-0.39, 0.29) is 5.91 Å². The largest absolute Gasteiger partial charge is 0.375 e. The van der Waals surface area contributed by atoms with Crippen LogP contribution in [-0.2, 0) is 11.3 Å². The molecule has 0 radical (unpaired) electrons. The van der Waals surface area contributed by atoms with Gasteiger partial charge in [-0.2, -0.15) is 0 Å². The molecule has 6 heteroatoms. The van der Waals surface area contributed by atoms with E-state index in [1.54, 1.807) is 18.3 Å². The average Bonchev–Trinajstić information content (AvgIpc) is 2.75. The summed E-state index contributed by atoms with van der Waals surface area (Å²) in [7, 11) is 2.15. The van der Waals surface area contributed by atoms with Gasteiger partial charge in [-0.1, -0.05) is 0 Å². The minimum atomic E-state index is 0.0805. The number of carbonyl (C=O) groups excluding carboxylic acids is 1. The monoisotopic (exact) mass is 282 g/mol. The van der Waals surface area contributed by atoms with Gasteiger partial charge in [0.05, 0.1) is 0 Å². The Labute approximate surface area is 118 Å². The van der Waals surface area contributed by atoms with Crippen molar-refractivity contribution in [1.82, 2.24) is 15.2 Å². The summed E-state index contributed by atoms with van der Waals surface area (Å²) in [6.45, 7) is 2.50. The number of nitrogens with zero attached hydrogens (tertiary/aromatic N) is 2. The van der Waals surface area contributed by atoms with E-state index < -0.39 is 0 Å². The number of hydrogen-bond acceptors (Lipinski definition) is 5. The van der Waals surface area contributed by atoms with Crippen LogP contribution in [0.15, 0.2) is 6.20 Å². The molecule has 0 bridgehead atoms. The third kappa shape index (κ3) is 4.18. The quantitative estimate of drug-likeness (QED) is 0.880. The normalized spacial score (nSPS) is 23.5. The van der Waals surface area contributed by atoms with Crippen LogP contribution in [0, 0.1) is 0 Å². The van der Waals surface area contributed by atoms with Gasteiger partial charge in [-0.3, -0.25) is 9.69 Å². The van der Waals surface area contributed by atoms with Crippen LogP contribution in [0.3, 0.4) is 0 Å². The summed E-state index contributed by atoms with van der Waals surface area (Å²) in [5, 5.41) is 3.65. The van der Waals surface area contributed by atoms with Gasteiger partial charge in [0.1, 0.15) is 0 Å². The molecule has 1 amide bonds. The number of nitrogens with one attached hydrogen (secondary N) is 1. The lowest BCUT2D eigenvalue weighted by Crippen LogP contribution is -2.41. The van der Waals surface area contributed by atoms with Gasteiger partial charge in [-0.05, 0) is 32.7 Å². The second kappa shape index (κ2) is 6.34. The van der Waals surface area contributed by atoms with Gasteiger partial charge < -0.3 is 11.1 Å². The van der Waals surface area contributed by atoms with E-state index in [9.17, 15) is 4.79 Å². The lowest BCUT2D eigenvalue weighted by atomic mass is 9.90. The van der Waals surface area contributed by atoms with Crippen LogP contribution in [-0.4, -0.2) is 34.9 Å². The van der Waals surface area contributed by atoms with Crippen molar-refractivity contribution in [2.45, 2.75) is 51.2 Å². The predicted molar refractivity (Wildman–Crippen MR) is 77.9 cm³/mol. The molecule has 0 aromatic carbocycles. The van der Waals surface area contributed by atoms with Crippen molar-refractivity contribution in [2.24, 2.45) is 0 Å². The highest BCUT2D eigenvalue weighted by Gasteiger charge is 2.24. The van der Waals surface area contributed by atoms with Crippen molar-refractivity contribution in [3.05, 3.63) is 11.1 Å². The summed E-state index contributed by atoms with van der Waals surface area (Å²) in [6.07, 6.45) is 6.27. The summed E-state index contributed by atoms with van der Waals surface area (Å²) in [5.41, 5.74) is 5.65. The number of amides is 1. The average molecular weight is 282 g/mol. The minimum Gasteiger partial charge on any atom is -0.375 e. The Hall–Kier alpha value is -1.14. The van der Waals surface area contributed by atoms with Gasteiger partial charge in [-0.15, -0.1) is 11.3 Å². The van der Waals surface area contributed by atoms with Crippen molar-refractivity contribution in [3.8, 4) is 0 Å². The van der Waals surface area contributed by atoms with Gasteiger partial charge in [0.2, 0.25) is 5.91 Å². The van der Waals surface area contributed by atoms with Crippen molar-refractivity contribution < 1.29 is 4.79 Å². The molecule has 5 nitrogen and oxygen atoms in total. The molecule has 1 aromatic rings. The predicted octanol–water partition coefficient (Wildman–Crippen LogP) is 1.60. The topological polar surface area (TPSA) is 71.2 Å². The van der Waals surface area contributed by atoms with Gasteiger partial charge >= 0.3 is 0 Å². The SMILES string of the molecule is CC(=O)NC1CCC(N(C)Cc2cnc(N)s2)CC1. The first-order chi connectivity index (χ1) is 9.04. The van der Waals surface area contributed by atoms with Gasteiger partial charge in [0.15, 0.2) is 5.13 Å². The van der Waals surface area contributed by atoms with E-state index in [0.29, 0.717) is 17.2 Å². The molecule has 19 heavy (non-hydrogen) atoms. The molecule has 106 valence electrons. The summed E-state index contributed by atoms with van der Waals surface area (Å²) < 4.78 is 0. The summed E-state index contributed by atoms with van der Waals surface area (Å²) >= 11 is 1.56. The fourth-order valence-electron chi connectivity index (χ4n) is 2.72. The summed E-state index contributed by atoms with van der Waals surface area (Å²) in [4.78, 5) is 18.7. The number of aromatic nitrogens is 1. The fraction of sp³-hybridized carbons (Fsp3) is 0.692. The van der Waals surface area contributed by atoms with Crippen LogP contribution in [0.2, 0.25) is 0 Å². The Kier molecular flexibility index (Phi) is 4.76. The number of nitrogen functional groups attached to an aromatic ring is 1. The number of carbonyl (C=O) groups is 1. The molecule has 1 aliphatic rings. The number of anilines is 1. The molecule has 1 saturated carbocycles. The maximum absolute atomic E-state index is 11.0. The van der Waals surface area contributed by atoms with Gasteiger partial charge in [0.25, 0.3) is 0 Å². The van der Waals surface area contributed by atoms with Gasteiger partial charge in [-0.25, -0.2) is 4.98 Å². The Morgan fingerprint density at radius 2 is 2.21 bits per heavy atom. The molecule has 0 saturated heterocycles. The van der Waals surface area contributed by atoms with E-state index in [2.05, 4.69) is 22.2 Å². The number of thiazole rings is 1. The molecule has 2 rings (SSSR count). The molecule has 0 unspecified atom stereocenters. The molecule has 0 spiro atoms. The van der Waals surface area contributed by atoms with E-state index in [4.69, 9.17) is 5.73 Å². The highest BCUT2D eigenvalue weighted by Crippen LogP contribution is 2.25. The van der Waals surface area contributed by atoms with Crippen LogP contribution in [0.25, 0.3) is 0 Å². The molecule has 0 aliphatic heterocycles. The fourth-order valence-corrected chi connectivity index (χ4v) is 3.47. The molecular formula is C13H22N4OS. The van der Waals surface area contributed by atoms with Crippen LogP contribution >= 0.6 is 11.3 Å². The van der Waals surface area contributed by atoms with Crippen molar-refractivity contribution in [3.63, 3.8) is 0 Å². The maximum Gasteiger partial charge on any atom is 0.217 e. The number of hydrogen-bond donors (Lipinski definition) is 2. The van der Waals surface area contributed by atoms with Crippen molar-refractivity contribution in [1.29, 1.82) is 0 Å². The zero-order valence-electron chi connectivity index (χ0n) is 11.6. The standard InChI is InChI=1S/C13H22N4OS/c1-9(18)16-10-3-5-11(6-4-10)17(2)8-12-7-15-13(14)19-12/h7,10-11H,3-6,8H2,1-2H3,(H2,14,15)(H,16,18). The summed E-state index contributed by atoms with van der Waals surface area (Å²) in [5.74, 6) is 0.0805. The number of nitrogens with two attached hydrogens (primary N) is 1. The first-order valence-electron chi connectivity index (χ1n) is 6.72. The highest BCUT2D eigenvalue weighted by molar-refractivity contribution is 7.15. The van der Waals surface area contributed by atoms with Crippen molar-refractivity contribution in [2.75, 3.05) is 12.8 Å². The minimum absolute atomic E-state index is 0.0805. The smallest absolute Gasteiger partial charge is 0.217 e. The van der Waals surface area contributed by atoms with Crippen LogP contribution < -0.4 is 11.1 Å². The van der Waals surface area contributed by atoms with E-state index in [0.717, 1.165) is 32.2 Å². The molecule has 1 heterocycles. The molecule has 1 fully saturated rings. The first kappa shape index (κ1) is 14.3. The van der Waals surface area contributed by atoms with Gasteiger partial charge in [0, 0.05) is 36.6 Å². The molecular weight excluding hydrogens is 260 g/mol.